The molecule has 0 spiro atoms. The van der Waals surface area contributed by atoms with Crippen molar-refractivity contribution < 1.29 is 0 Å². The lowest BCUT2D eigenvalue weighted by atomic mass is 10.0. The number of hydrogen-bond donors (Lipinski definition) is 2. The molecule has 0 aliphatic heterocycles. The molecule has 2 nitrogen and oxygen atoms in total. The lowest BCUT2D eigenvalue weighted by Crippen LogP contribution is -2.07. The third-order valence-corrected chi connectivity index (χ3v) is 3.05. The van der Waals surface area contributed by atoms with Crippen LogP contribution in [0.1, 0.15) is 37.4 Å². The monoisotopic (exact) mass is 202 g/mol. The Morgan fingerprint density at radius 1 is 1.33 bits per heavy atom. The number of nitrogens with one attached hydrogen (secondary N) is 1. The summed E-state index contributed by atoms with van der Waals surface area (Å²) in [5.41, 5.74) is 9.93. The molecule has 1 heterocycles. The molecule has 0 saturated carbocycles. The van der Waals surface area contributed by atoms with Crippen molar-refractivity contribution in [3.63, 3.8) is 0 Å². The van der Waals surface area contributed by atoms with Crippen molar-refractivity contribution in [3.05, 3.63) is 35.5 Å². The minimum atomic E-state index is 0.144. The highest BCUT2D eigenvalue weighted by molar-refractivity contribution is 5.86. The van der Waals surface area contributed by atoms with Gasteiger partial charge in [0.2, 0.25) is 0 Å². The lowest BCUT2D eigenvalue weighted by Gasteiger charge is -2.07. The van der Waals surface area contributed by atoms with Crippen LogP contribution >= 0.6 is 0 Å². The molecule has 0 bridgehead atoms. The topological polar surface area (TPSA) is 41.8 Å². The molecule has 15 heavy (non-hydrogen) atoms. The van der Waals surface area contributed by atoms with E-state index in [4.69, 9.17) is 5.73 Å². The van der Waals surface area contributed by atoms with Gasteiger partial charge in [0, 0.05) is 23.1 Å². The summed E-state index contributed by atoms with van der Waals surface area (Å²) in [6, 6.07) is 6.57. The third-order valence-electron chi connectivity index (χ3n) is 3.05. The van der Waals surface area contributed by atoms with Gasteiger partial charge in [-0.25, -0.2) is 0 Å². The predicted molar refractivity (Wildman–Crippen MR) is 64.9 cm³/mol. The summed E-state index contributed by atoms with van der Waals surface area (Å²) >= 11 is 0. The van der Waals surface area contributed by atoms with Gasteiger partial charge in [-0.3, -0.25) is 0 Å². The molecule has 3 N–H and O–H groups in total. The molecule has 0 aliphatic rings. The number of aromatic amines is 1. The number of fused-ring (bicyclic) bond motifs is 1. The Balaban J connectivity index is 2.60. The summed E-state index contributed by atoms with van der Waals surface area (Å²) < 4.78 is 0. The van der Waals surface area contributed by atoms with E-state index in [0.717, 1.165) is 12.8 Å². The Morgan fingerprint density at radius 3 is 2.80 bits per heavy atom. The largest absolute Gasteiger partial charge is 0.361 e. The maximum Gasteiger partial charge on any atom is 0.0489 e. The normalized spacial score (nSPS) is 13.3. The average Bonchev–Trinajstić information content (AvgIpc) is 2.71. The number of H-pyrrole nitrogens is 1. The molecule has 1 aromatic heterocycles. The highest BCUT2D eigenvalue weighted by Gasteiger charge is 2.10. The van der Waals surface area contributed by atoms with Crippen LogP contribution in [0.2, 0.25) is 0 Å². The van der Waals surface area contributed by atoms with Crippen LogP contribution in [0.3, 0.4) is 0 Å². The summed E-state index contributed by atoms with van der Waals surface area (Å²) in [4.78, 5) is 3.34. The van der Waals surface area contributed by atoms with Gasteiger partial charge in [0.25, 0.3) is 0 Å². The van der Waals surface area contributed by atoms with Gasteiger partial charge in [-0.2, -0.15) is 0 Å². The number of aromatic nitrogens is 1. The molecule has 0 saturated heterocycles. The Hall–Kier alpha value is -1.28. The Kier molecular flexibility index (Phi) is 2.78. The minimum absolute atomic E-state index is 0.144. The third kappa shape index (κ3) is 1.65. The molecule has 0 radical (unpaired) electrons. The summed E-state index contributed by atoms with van der Waals surface area (Å²) in [6.07, 6.45) is 4.08. The second kappa shape index (κ2) is 4.07. The van der Waals surface area contributed by atoms with Crippen LogP contribution in [0, 0.1) is 0 Å². The first-order valence-corrected chi connectivity index (χ1v) is 5.62. The van der Waals surface area contributed by atoms with Crippen molar-refractivity contribution in [2.24, 2.45) is 5.73 Å². The zero-order valence-corrected chi connectivity index (χ0v) is 9.38. The molecular formula is C13H18N2. The van der Waals surface area contributed by atoms with Crippen LogP contribution < -0.4 is 5.73 Å². The molecule has 80 valence electrons. The summed E-state index contributed by atoms with van der Waals surface area (Å²) in [7, 11) is 0. The van der Waals surface area contributed by atoms with Crippen LogP contribution in [-0.2, 0) is 6.42 Å². The van der Waals surface area contributed by atoms with Crippen molar-refractivity contribution in [1.29, 1.82) is 0 Å². The van der Waals surface area contributed by atoms with E-state index in [0.29, 0.717) is 0 Å². The summed E-state index contributed by atoms with van der Waals surface area (Å²) in [5, 5.41) is 1.28. The van der Waals surface area contributed by atoms with Gasteiger partial charge in [-0.05, 0) is 24.0 Å². The standard InChI is InChI=1S/C13H18N2/c1-3-9-6-5-7-10-11(12(14)4-2)8-15-13(9)10/h5-8,12,15H,3-4,14H2,1-2H3. The van der Waals surface area contributed by atoms with Crippen molar-refractivity contribution in [3.8, 4) is 0 Å². The summed E-state index contributed by atoms with van der Waals surface area (Å²) in [6.45, 7) is 4.29. The van der Waals surface area contributed by atoms with E-state index in [2.05, 4.69) is 43.2 Å². The smallest absolute Gasteiger partial charge is 0.0489 e. The number of nitrogens with two attached hydrogens (primary N) is 1. The molecule has 1 unspecified atom stereocenters. The molecule has 0 aliphatic carbocycles. The fourth-order valence-electron chi connectivity index (χ4n) is 2.06. The maximum atomic E-state index is 6.08. The number of hydrogen-bond acceptors (Lipinski definition) is 1. The average molecular weight is 202 g/mol. The van der Waals surface area contributed by atoms with Crippen LogP contribution in [0.15, 0.2) is 24.4 Å². The second-order valence-electron chi connectivity index (χ2n) is 3.95. The molecule has 1 atom stereocenters. The Morgan fingerprint density at radius 2 is 2.13 bits per heavy atom. The van der Waals surface area contributed by atoms with E-state index in [-0.39, 0.29) is 6.04 Å². The van der Waals surface area contributed by atoms with Gasteiger partial charge in [-0.15, -0.1) is 0 Å². The number of aryl methyl sites for hydroxylation is 1. The van der Waals surface area contributed by atoms with Crippen LogP contribution in [-0.4, -0.2) is 4.98 Å². The summed E-state index contributed by atoms with van der Waals surface area (Å²) in [5.74, 6) is 0. The second-order valence-corrected chi connectivity index (χ2v) is 3.95. The quantitative estimate of drug-likeness (QED) is 0.788. The molecular weight excluding hydrogens is 184 g/mol. The van der Waals surface area contributed by atoms with Gasteiger partial charge in [-0.1, -0.05) is 32.0 Å². The van der Waals surface area contributed by atoms with Crippen molar-refractivity contribution in [1.82, 2.24) is 4.98 Å². The molecule has 2 aromatic rings. The molecule has 0 fully saturated rings. The van der Waals surface area contributed by atoms with Crippen molar-refractivity contribution >= 4 is 10.9 Å². The molecule has 2 rings (SSSR count). The fourth-order valence-corrected chi connectivity index (χ4v) is 2.06. The number of para-hydroxylation sites is 1. The molecule has 0 amide bonds. The highest BCUT2D eigenvalue weighted by atomic mass is 14.7. The maximum absolute atomic E-state index is 6.08. The Labute approximate surface area is 90.5 Å². The van der Waals surface area contributed by atoms with Crippen molar-refractivity contribution in [2.75, 3.05) is 0 Å². The van der Waals surface area contributed by atoms with E-state index in [1.54, 1.807) is 0 Å². The number of benzene rings is 1. The Bertz CT molecular complexity index is 457. The zero-order chi connectivity index (χ0) is 10.8. The zero-order valence-electron chi connectivity index (χ0n) is 9.38. The van der Waals surface area contributed by atoms with E-state index < -0.39 is 0 Å². The van der Waals surface area contributed by atoms with Gasteiger partial charge in [0.1, 0.15) is 0 Å². The van der Waals surface area contributed by atoms with Crippen molar-refractivity contribution in [2.45, 2.75) is 32.7 Å². The van der Waals surface area contributed by atoms with E-state index in [9.17, 15) is 0 Å². The molecule has 2 heteroatoms. The lowest BCUT2D eigenvalue weighted by molar-refractivity contribution is 0.704. The first-order chi connectivity index (χ1) is 7.27. The minimum Gasteiger partial charge on any atom is -0.361 e. The van der Waals surface area contributed by atoms with Gasteiger partial charge in [0.05, 0.1) is 0 Å². The van der Waals surface area contributed by atoms with Gasteiger partial charge < -0.3 is 10.7 Å². The number of rotatable bonds is 3. The van der Waals surface area contributed by atoms with Crippen LogP contribution in [0.25, 0.3) is 10.9 Å². The SMILES string of the molecule is CCc1cccc2c(C(N)CC)c[nH]c12. The fraction of sp³-hybridized carbons (Fsp3) is 0.385. The van der Waals surface area contributed by atoms with Crippen LogP contribution in [0.5, 0.6) is 0 Å². The van der Waals surface area contributed by atoms with Crippen LogP contribution in [0.4, 0.5) is 0 Å². The first-order valence-electron chi connectivity index (χ1n) is 5.62. The first kappa shape index (κ1) is 10.2. The van der Waals surface area contributed by atoms with E-state index in [1.165, 1.54) is 22.0 Å². The van der Waals surface area contributed by atoms with E-state index >= 15 is 0 Å². The van der Waals surface area contributed by atoms with E-state index in [1.807, 2.05) is 0 Å². The van der Waals surface area contributed by atoms with Gasteiger partial charge >= 0.3 is 0 Å². The molecule has 1 aromatic carbocycles. The highest BCUT2D eigenvalue weighted by Crippen LogP contribution is 2.26. The van der Waals surface area contributed by atoms with Gasteiger partial charge in [0.15, 0.2) is 0 Å². The predicted octanol–water partition coefficient (Wildman–Crippen LogP) is 3.14.